The Morgan fingerprint density at radius 1 is 1.24 bits per heavy atom. The van der Waals surface area contributed by atoms with E-state index >= 15 is 0 Å². The minimum absolute atomic E-state index is 0.0239. The van der Waals surface area contributed by atoms with Gasteiger partial charge in [0.25, 0.3) is 0 Å². The molecule has 2 aromatic rings. The summed E-state index contributed by atoms with van der Waals surface area (Å²) in [7, 11) is 0. The lowest BCUT2D eigenvalue weighted by Crippen LogP contribution is -2.38. The third kappa shape index (κ3) is 5.60. The van der Waals surface area contributed by atoms with Gasteiger partial charge in [0.05, 0.1) is 12.5 Å². The lowest BCUT2D eigenvalue weighted by molar-refractivity contribution is -0.136. The first-order chi connectivity index (χ1) is 16.1. The number of rotatable bonds is 8. The monoisotopic (exact) mass is 448 g/mol. The maximum Gasteiger partial charge on any atom is 0.228 e. The smallest absolute Gasteiger partial charge is 0.228 e. The number of fused-ring (bicyclic) bond motifs is 1. The molecular weight excluding hydrogens is 416 g/mol. The van der Waals surface area contributed by atoms with Crippen molar-refractivity contribution in [3.63, 3.8) is 0 Å². The van der Waals surface area contributed by atoms with Crippen LogP contribution < -0.4 is 4.74 Å². The first-order valence-corrected chi connectivity index (χ1v) is 11.6. The molecule has 7 nitrogen and oxygen atoms in total. The van der Waals surface area contributed by atoms with Crippen molar-refractivity contribution in [1.29, 1.82) is 0 Å². The Morgan fingerprint density at radius 3 is 2.79 bits per heavy atom. The molecule has 0 saturated carbocycles. The second kappa shape index (κ2) is 10.6. The van der Waals surface area contributed by atoms with Crippen LogP contribution in [0.3, 0.4) is 0 Å². The molecule has 1 fully saturated rings. The summed E-state index contributed by atoms with van der Waals surface area (Å²) in [5.74, 6) is 0.598. The van der Waals surface area contributed by atoms with E-state index in [1.807, 2.05) is 35.5 Å². The number of carbonyl (C=O) groups is 2. The van der Waals surface area contributed by atoms with Gasteiger partial charge in [0.1, 0.15) is 12.4 Å². The maximum atomic E-state index is 13.2. The van der Waals surface area contributed by atoms with Gasteiger partial charge >= 0.3 is 0 Å². The Hall–Kier alpha value is -3.19. The number of benzene rings is 1. The van der Waals surface area contributed by atoms with E-state index in [4.69, 9.17) is 4.74 Å². The number of pyridine rings is 1. The van der Waals surface area contributed by atoms with Crippen molar-refractivity contribution in [2.45, 2.75) is 33.0 Å². The van der Waals surface area contributed by atoms with Crippen molar-refractivity contribution >= 4 is 11.8 Å². The lowest BCUT2D eigenvalue weighted by atomic mass is 10.1. The summed E-state index contributed by atoms with van der Waals surface area (Å²) >= 11 is 0. The van der Waals surface area contributed by atoms with Gasteiger partial charge in [-0.15, -0.1) is 6.58 Å². The normalized spacial score (nSPS) is 18.1. The molecule has 7 heteroatoms. The van der Waals surface area contributed by atoms with E-state index in [9.17, 15) is 9.59 Å². The molecule has 1 atom stereocenters. The van der Waals surface area contributed by atoms with Crippen molar-refractivity contribution in [2.75, 3.05) is 32.8 Å². The molecule has 3 heterocycles. The van der Waals surface area contributed by atoms with E-state index in [0.717, 1.165) is 30.9 Å². The van der Waals surface area contributed by atoms with Gasteiger partial charge in [0.2, 0.25) is 11.8 Å². The van der Waals surface area contributed by atoms with Crippen molar-refractivity contribution < 1.29 is 14.3 Å². The van der Waals surface area contributed by atoms with Gasteiger partial charge in [0.15, 0.2) is 0 Å². The van der Waals surface area contributed by atoms with E-state index < -0.39 is 0 Å². The number of amides is 2. The number of ether oxygens (including phenoxy) is 1. The van der Waals surface area contributed by atoms with Gasteiger partial charge in [-0.25, -0.2) is 0 Å². The van der Waals surface area contributed by atoms with Crippen molar-refractivity contribution in [2.24, 2.45) is 5.92 Å². The van der Waals surface area contributed by atoms with E-state index in [0.29, 0.717) is 32.8 Å². The van der Waals surface area contributed by atoms with Crippen LogP contribution in [-0.2, 0) is 29.2 Å². The summed E-state index contributed by atoms with van der Waals surface area (Å²) < 4.78 is 5.95. The van der Waals surface area contributed by atoms with Crippen LogP contribution in [-0.4, -0.2) is 64.3 Å². The van der Waals surface area contributed by atoms with Crippen LogP contribution in [0.5, 0.6) is 5.75 Å². The summed E-state index contributed by atoms with van der Waals surface area (Å²) in [6.45, 7) is 10.9. The maximum absolute atomic E-state index is 13.2. The molecule has 2 aliphatic rings. The van der Waals surface area contributed by atoms with Gasteiger partial charge in [-0.1, -0.05) is 19.1 Å². The summed E-state index contributed by atoms with van der Waals surface area (Å²) in [4.78, 5) is 35.5. The predicted molar refractivity (Wildman–Crippen MR) is 126 cm³/mol. The highest BCUT2D eigenvalue weighted by atomic mass is 16.5. The zero-order chi connectivity index (χ0) is 23.2. The number of likely N-dealkylation sites (tertiary alicyclic amines) is 1. The van der Waals surface area contributed by atoms with Crippen LogP contribution in [0.2, 0.25) is 0 Å². The summed E-state index contributed by atoms with van der Waals surface area (Å²) in [5.41, 5.74) is 3.44. The Bertz CT molecular complexity index is 994. The van der Waals surface area contributed by atoms with Gasteiger partial charge in [-0.2, -0.15) is 0 Å². The Kier molecular flexibility index (Phi) is 7.40. The van der Waals surface area contributed by atoms with Gasteiger partial charge < -0.3 is 14.5 Å². The molecule has 1 saturated heterocycles. The van der Waals surface area contributed by atoms with Crippen molar-refractivity contribution in [1.82, 2.24) is 19.7 Å². The van der Waals surface area contributed by atoms with Crippen LogP contribution >= 0.6 is 0 Å². The molecule has 33 heavy (non-hydrogen) atoms. The Labute approximate surface area is 195 Å². The fourth-order valence-corrected chi connectivity index (χ4v) is 4.55. The van der Waals surface area contributed by atoms with Crippen molar-refractivity contribution in [3.8, 4) is 5.75 Å². The molecule has 2 amide bonds. The molecule has 0 bridgehead atoms. The van der Waals surface area contributed by atoms with E-state index in [1.165, 1.54) is 11.1 Å². The minimum atomic E-state index is -0.293. The third-order valence-corrected chi connectivity index (χ3v) is 6.34. The minimum Gasteiger partial charge on any atom is -0.491 e. The van der Waals surface area contributed by atoms with Crippen LogP contribution in [0.25, 0.3) is 0 Å². The fraction of sp³-hybridized carbons (Fsp3) is 0.423. The fourth-order valence-electron chi connectivity index (χ4n) is 4.55. The third-order valence-electron chi connectivity index (χ3n) is 6.34. The molecule has 0 aliphatic carbocycles. The SMILES string of the molecule is C=CCN1C[C@@H](C(=O)N2CCOc3ccc(CN(CC)Cc4ccncc4)cc3C2)CC1=O. The zero-order valence-corrected chi connectivity index (χ0v) is 19.3. The van der Waals surface area contributed by atoms with Gasteiger partial charge in [-0.3, -0.25) is 19.5 Å². The number of hydrogen-bond donors (Lipinski definition) is 0. The number of nitrogens with zero attached hydrogens (tertiary/aromatic N) is 4. The summed E-state index contributed by atoms with van der Waals surface area (Å²) in [5, 5.41) is 0. The standard InChI is InChI=1S/C26H32N4O3/c1-3-11-29-19-23(15-25(29)31)26(32)30-12-13-33-24-6-5-21(14-22(24)18-30)17-28(4-2)16-20-7-9-27-10-8-20/h3,5-10,14,23H,1,4,11-13,15-19H2,2H3/t23-/m0/s1. The Balaban J connectivity index is 1.44. The molecule has 0 spiro atoms. The summed E-state index contributed by atoms with van der Waals surface area (Å²) in [6.07, 6.45) is 5.63. The van der Waals surface area contributed by atoms with E-state index in [1.54, 1.807) is 11.0 Å². The quantitative estimate of drug-likeness (QED) is 0.581. The Morgan fingerprint density at radius 2 is 2.03 bits per heavy atom. The topological polar surface area (TPSA) is 66.0 Å². The number of aromatic nitrogens is 1. The van der Waals surface area contributed by atoms with Gasteiger partial charge in [-0.05, 0) is 41.9 Å². The highest BCUT2D eigenvalue weighted by molar-refractivity contribution is 5.89. The van der Waals surface area contributed by atoms with Crippen LogP contribution in [0, 0.1) is 5.92 Å². The highest BCUT2D eigenvalue weighted by Gasteiger charge is 2.36. The number of hydrogen-bond acceptors (Lipinski definition) is 5. The van der Waals surface area contributed by atoms with E-state index in [-0.39, 0.29) is 24.2 Å². The van der Waals surface area contributed by atoms with Crippen LogP contribution in [0.1, 0.15) is 30.0 Å². The second-order valence-corrected chi connectivity index (χ2v) is 8.70. The predicted octanol–water partition coefficient (Wildman–Crippen LogP) is 2.86. The molecule has 0 N–H and O–H groups in total. The average Bonchev–Trinajstić information content (AvgIpc) is 3.06. The molecule has 1 aromatic heterocycles. The largest absolute Gasteiger partial charge is 0.491 e. The molecule has 2 aliphatic heterocycles. The number of carbonyl (C=O) groups excluding carboxylic acids is 2. The van der Waals surface area contributed by atoms with Crippen LogP contribution in [0.15, 0.2) is 55.4 Å². The first-order valence-electron chi connectivity index (χ1n) is 11.6. The van der Waals surface area contributed by atoms with Gasteiger partial charge in [0, 0.05) is 57.1 Å². The molecule has 0 unspecified atom stereocenters. The average molecular weight is 449 g/mol. The molecule has 174 valence electrons. The van der Waals surface area contributed by atoms with Crippen LogP contribution in [0.4, 0.5) is 0 Å². The first kappa shape index (κ1) is 23.0. The molecule has 4 rings (SSSR count). The molecular formula is C26H32N4O3. The lowest BCUT2D eigenvalue weighted by Gasteiger charge is -2.24. The summed E-state index contributed by atoms with van der Waals surface area (Å²) in [6, 6.07) is 10.4. The highest BCUT2D eigenvalue weighted by Crippen LogP contribution is 2.28. The second-order valence-electron chi connectivity index (χ2n) is 8.70. The zero-order valence-electron chi connectivity index (χ0n) is 19.3. The molecule has 1 aromatic carbocycles. The van der Waals surface area contributed by atoms with Crippen molar-refractivity contribution in [3.05, 3.63) is 72.1 Å². The van der Waals surface area contributed by atoms with E-state index in [2.05, 4.69) is 35.5 Å². The molecule has 0 radical (unpaired) electrons.